The van der Waals surface area contributed by atoms with Gasteiger partial charge in [0.05, 0.1) is 12.2 Å². The van der Waals surface area contributed by atoms with Crippen LogP contribution in [0.4, 0.5) is 0 Å². The van der Waals surface area contributed by atoms with Crippen LogP contribution in [-0.4, -0.2) is 17.1 Å². The van der Waals surface area contributed by atoms with Crippen LogP contribution in [0.2, 0.25) is 0 Å². The summed E-state index contributed by atoms with van der Waals surface area (Å²) in [5.74, 6) is -0.297. The zero-order valence-electron chi connectivity index (χ0n) is 13.9. The Morgan fingerprint density at radius 2 is 1.56 bits per heavy atom. The lowest BCUT2D eigenvalue weighted by molar-refractivity contribution is 0.0526. The van der Waals surface area contributed by atoms with Crippen molar-refractivity contribution in [3.63, 3.8) is 0 Å². The molecule has 0 bridgehead atoms. The maximum atomic E-state index is 12.6. The van der Waals surface area contributed by atoms with E-state index in [9.17, 15) is 4.79 Å². The van der Waals surface area contributed by atoms with Gasteiger partial charge in [-0.3, -0.25) is 0 Å². The molecule has 2 aromatic carbocycles. The number of rotatable bonds is 4. The molecule has 0 aliphatic heterocycles. The number of carbonyl (C=O) groups is 1. The van der Waals surface area contributed by atoms with Crippen molar-refractivity contribution < 1.29 is 9.53 Å². The van der Waals surface area contributed by atoms with Crippen molar-refractivity contribution in [2.45, 2.75) is 13.8 Å². The number of nitrogens with zero attached hydrogens (tertiary/aromatic N) is 1. The highest BCUT2D eigenvalue weighted by Gasteiger charge is 2.22. The highest BCUT2D eigenvalue weighted by molar-refractivity contribution is 9.10. The van der Waals surface area contributed by atoms with Crippen molar-refractivity contribution in [2.24, 2.45) is 0 Å². The molecule has 128 valence electrons. The fraction of sp³-hybridized carbons (Fsp3) is 0.150. The van der Waals surface area contributed by atoms with Crippen LogP contribution in [0.5, 0.6) is 0 Å². The molecule has 3 nitrogen and oxygen atoms in total. The van der Waals surface area contributed by atoms with Crippen molar-refractivity contribution in [1.82, 2.24) is 4.57 Å². The van der Waals surface area contributed by atoms with Gasteiger partial charge in [-0.05, 0) is 55.8 Å². The monoisotopic (exact) mass is 461 g/mol. The van der Waals surface area contributed by atoms with Crippen molar-refractivity contribution >= 4 is 37.8 Å². The van der Waals surface area contributed by atoms with Gasteiger partial charge in [-0.1, -0.05) is 44.0 Å². The summed E-state index contributed by atoms with van der Waals surface area (Å²) in [6, 6.07) is 15.9. The minimum absolute atomic E-state index is 0.297. The molecule has 0 unspecified atom stereocenters. The highest BCUT2D eigenvalue weighted by atomic mass is 79.9. The minimum Gasteiger partial charge on any atom is -0.462 e. The second-order valence-electron chi connectivity index (χ2n) is 5.58. The number of aromatic nitrogens is 1. The summed E-state index contributed by atoms with van der Waals surface area (Å²) in [5, 5.41) is 0. The second-order valence-corrected chi connectivity index (χ2v) is 7.41. The molecule has 1 aromatic heterocycles. The van der Waals surface area contributed by atoms with Crippen LogP contribution in [0.1, 0.15) is 23.0 Å². The van der Waals surface area contributed by atoms with Gasteiger partial charge in [0.25, 0.3) is 0 Å². The summed E-state index contributed by atoms with van der Waals surface area (Å²) >= 11 is 6.91. The quantitative estimate of drug-likeness (QED) is 0.435. The summed E-state index contributed by atoms with van der Waals surface area (Å²) in [7, 11) is 0. The van der Waals surface area contributed by atoms with Gasteiger partial charge in [-0.25, -0.2) is 4.79 Å². The molecule has 0 amide bonds. The SMILES string of the molecule is CCOC(=O)c1c(-c2ccc(Br)cc2)cn(-c2ccc(Br)cc2)c1C. The molecule has 25 heavy (non-hydrogen) atoms. The van der Waals surface area contributed by atoms with E-state index in [2.05, 4.69) is 31.9 Å². The fourth-order valence-electron chi connectivity index (χ4n) is 2.78. The molecular weight excluding hydrogens is 446 g/mol. The smallest absolute Gasteiger partial charge is 0.340 e. The van der Waals surface area contributed by atoms with Crippen LogP contribution >= 0.6 is 31.9 Å². The molecule has 0 atom stereocenters. The predicted octanol–water partition coefficient (Wildman–Crippen LogP) is 6.15. The number of hydrogen-bond donors (Lipinski definition) is 0. The number of esters is 1. The average molecular weight is 463 g/mol. The van der Waals surface area contributed by atoms with Gasteiger partial charge in [0.15, 0.2) is 0 Å². The first-order valence-electron chi connectivity index (χ1n) is 7.92. The molecule has 0 fully saturated rings. The Morgan fingerprint density at radius 1 is 1.00 bits per heavy atom. The van der Waals surface area contributed by atoms with Gasteiger partial charge >= 0.3 is 5.97 Å². The first kappa shape index (κ1) is 18.0. The Labute approximate surface area is 163 Å². The van der Waals surface area contributed by atoms with E-state index in [-0.39, 0.29) is 5.97 Å². The number of hydrogen-bond acceptors (Lipinski definition) is 2. The van der Waals surface area contributed by atoms with Crippen molar-refractivity contribution in [1.29, 1.82) is 0 Å². The molecule has 0 radical (unpaired) electrons. The van der Waals surface area contributed by atoms with Crippen LogP contribution in [0, 0.1) is 6.92 Å². The van der Waals surface area contributed by atoms with Crippen LogP contribution in [-0.2, 0) is 4.74 Å². The Balaban J connectivity index is 2.18. The molecular formula is C20H17Br2NO2. The average Bonchev–Trinajstić information content (AvgIpc) is 2.94. The lowest BCUT2D eigenvalue weighted by atomic mass is 10.0. The van der Waals surface area contributed by atoms with E-state index >= 15 is 0 Å². The van der Waals surface area contributed by atoms with E-state index in [0.29, 0.717) is 12.2 Å². The van der Waals surface area contributed by atoms with E-state index in [1.807, 2.05) is 73.1 Å². The zero-order valence-corrected chi connectivity index (χ0v) is 17.1. The minimum atomic E-state index is -0.297. The fourth-order valence-corrected chi connectivity index (χ4v) is 3.31. The molecule has 0 aliphatic rings. The summed E-state index contributed by atoms with van der Waals surface area (Å²) in [6.07, 6.45) is 1.99. The van der Waals surface area contributed by atoms with Gasteiger partial charge in [0.1, 0.15) is 0 Å². The number of benzene rings is 2. The third-order valence-corrected chi connectivity index (χ3v) is 5.05. The summed E-state index contributed by atoms with van der Waals surface area (Å²) in [5.41, 5.74) is 4.30. The topological polar surface area (TPSA) is 31.2 Å². The van der Waals surface area contributed by atoms with E-state index in [0.717, 1.165) is 31.5 Å². The Kier molecular flexibility index (Phi) is 5.45. The molecule has 0 spiro atoms. The van der Waals surface area contributed by atoms with E-state index in [1.54, 1.807) is 0 Å². The van der Waals surface area contributed by atoms with Crippen LogP contribution in [0.15, 0.2) is 63.7 Å². The van der Waals surface area contributed by atoms with E-state index < -0.39 is 0 Å². The summed E-state index contributed by atoms with van der Waals surface area (Å²) in [6.45, 7) is 4.11. The zero-order chi connectivity index (χ0) is 18.0. The lowest BCUT2D eigenvalue weighted by Gasteiger charge is -2.08. The van der Waals surface area contributed by atoms with Crippen molar-refractivity contribution in [3.05, 3.63) is 74.9 Å². The largest absolute Gasteiger partial charge is 0.462 e. The molecule has 3 rings (SSSR count). The molecule has 5 heteroatoms. The third-order valence-electron chi connectivity index (χ3n) is 3.99. The van der Waals surface area contributed by atoms with E-state index in [1.165, 1.54) is 0 Å². The van der Waals surface area contributed by atoms with Gasteiger partial charge in [-0.15, -0.1) is 0 Å². The van der Waals surface area contributed by atoms with Crippen LogP contribution < -0.4 is 0 Å². The maximum absolute atomic E-state index is 12.6. The Hall–Kier alpha value is -1.85. The number of ether oxygens (including phenoxy) is 1. The molecule has 1 heterocycles. The Bertz CT molecular complexity index is 897. The molecule has 3 aromatic rings. The highest BCUT2D eigenvalue weighted by Crippen LogP contribution is 2.32. The Morgan fingerprint density at radius 3 is 2.12 bits per heavy atom. The van der Waals surface area contributed by atoms with Crippen molar-refractivity contribution in [2.75, 3.05) is 6.61 Å². The van der Waals surface area contributed by atoms with Gasteiger partial charge in [-0.2, -0.15) is 0 Å². The summed E-state index contributed by atoms with van der Waals surface area (Å²) < 4.78 is 9.33. The second kappa shape index (κ2) is 7.58. The van der Waals surface area contributed by atoms with Crippen molar-refractivity contribution in [3.8, 4) is 16.8 Å². The normalized spacial score (nSPS) is 10.7. The first-order chi connectivity index (χ1) is 12.0. The standard InChI is InChI=1S/C20H17Br2NO2/c1-3-25-20(24)19-13(2)23(17-10-8-16(22)9-11-17)12-18(19)14-4-6-15(21)7-5-14/h4-12H,3H2,1-2H3. The number of carbonyl (C=O) groups excluding carboxylic acids is 1. The van der Waals surface area contributed by atoms with Gasteiger partial charge in [0, 0.05) is 32.1 Å². The molecule has 0 aliphatic carbocycles. The molecule has 0 saturated carbocycles. The third kappa shape index (κ3) is 3.72. The van der Waals surface area contributed by atoms with Gasteiger partial charge in [0.2, 0.25) is 0 Å². The van der Waals surface area contributed by atoms with Gasteiger partial charge < -0.3 is 9.30 Å². The van der Waals surface area contributed by atoms with Crippen LogP contribution in [0.25, 0.3) is 16.8 Å². The van der Waals surface area contributed by atoms with Crippen LogP contribution in [0.3, 0.4) is 0 Å². The summed E-state index contributed by atoms with van der Waals surface area (Å²) in [4.78, 5) is 12.6. The first-order valence-corrected chi connectivity index (χ1v) is 9.50. The lowest BCUT2D eigenvalue weighted by Crippen LogP contribution is -2.07. The molecule has 0 saturated heterocycles. The predicted molar refractivity (Wildman–Crippen MR) is 107 cm³/mol. The molecule has 0 N–H and O–H groups in total. The van der Waals surface area contributed by atoms with E-state index in [4.69, 9.17) is 4.74 Å². The maximum Gasteiger partial charge on any atom is 0.340 e. The number of halogens is 2.